The number of carbonyl (C=O) groups is 1. The van der Waals surface area contributed by atoms with Gasteiger partial charge in [0.1, 0.15) is 13.2 Å². The second-order valence-electron chi connectivity index (χ2n) is 8.39. The smallest absolute Gasteiger partial charge is 0.273 e. The highest BCUT2D eigenvalue weighted by molar-refractivity contribution is 7.10. The van der Waals surface area contributed by atoms with Gasteiger partial charge in [0.05, 0.1) is 6.04 Å². The van der Waals surface area contributed by atoms with Crippen molar-refractivity contribution in [2.45, 2.75) is 25.8 Å². The normalized spacial score (nSPS) is 17.8. The van der Waals surface area contributed by atoms with Crippen LogP contribution in [-0.4, -0.2) is 48.8 Å². The van der Waals surface area contributed by atoms with Crippen LogP contribution in [0.5, 0.6) is 11.5 Å². The molecule has 1 aromatic carbocycles. The maximum atomic E-state index is 12.8. The summed E-state index contributed by atoms with van der Waals surface area (Å²) in [5, 5.41) is 9.16. The molecule has 32 heavy (non-hydrogen) atoms. The third-order valence-electron chi connectivity index (χ3n) is 6.16. The summed E-state index contributed by atoms with van der Waals surface area (Å²) in [6, 6.07) is 11.6. The summed E-state index contributed by atoms with van der Waals surface area (Å²) < 4.78 is 16.6. The topological polar surface area (TPSA) is 76.8 Å². The van der Waals surface area contributed by atoms with E-state index in [4.69, 9.17) is 14.0 Å². The Bertz CT molecular complexity index is 1060. The lowest BCUT2D eigenvalue weighted by atomic mass is 9.97. The third kappa shape index (κ3) is 4.52. The van der Waals surface area contributed by atoms with Gasteiger partial charge in [-0.2, -0.15) is 0 Å². The lowest BCUT2D eigenvalue weighted by molar-refractivity contribution is 0.0906. The van der Waals surface area contributed by atoms with Crippen molar-refractivity contribution in [1.82, 2.24) is 15.4 Å². The SMILES string of the molecule is CC1CCN([C@H](CNC(=O)c2cc(-c3ccc4c(c3)OCCO4)on2)c2cccs2)CC1. The Morgan fingerprint density at radius 1 is 1.19 bits per heavy atom. The number of amides is 1. The van der Waals surface area contributed by atoms with Crippen molar-refractivity contribution in [2.75, 3.05) is 32.8 Å². The molecular weight excluding hydrogens is 426 g/mol. The van der Waals surface area contributed by atoms with Crippen LogP contribution in [0.1, 0.15) is 41.2 Å². The fraction of sp³-hybridized carbons (Fsp3) is 0.417. The maximum absolute atomic E-state index is 12.8. The first-order valence-corrected chi connectivity index (χ1v) is 12.0. The number of piperidine rings is 1. The third-order valence-corrected chi connectivity index (χ3v) is 7.13. The van der Waals surface area contributed by atoms with E-state index in [2.05, 4.69) is 39.8 Å². The quantitative estimate of drug-likeness (QED) is 0.597. The predicted molar refractivity (Wildman–Crippen MR) is 122 cm³/mol. The van der Waals surface area contributed by atoms with Crippen LogP contribution in [0.25, 0.3) is 11.3 Å². The number of nitrogens with zero attached hydrogens (tertiary/aromatic N) is 2. The van der Waals surface area contributed by atoms with Gasteiger partial charge in [-0.05, 0) is 61.5 Å². The van der Waals surface area contributed by atoms with E-state index in [0.29, 0.717) is 37.0 Å². The van der Waals surface area contributed by atoms with Crippen LogP contribution in [0.15, 0.2) is 46.3 Å². The number of thiophene rings is 1. The number of likely N-dealkylation sites (tertiary alicyclic amines) is 1. The summed E-state index contributed by atoms with van der Waals surface area (Å²) in [6.45, 7) is 6.02. The molecule has 2 aliphatic heterocycles. The van der Waals surface area contributed by atoms with Crippen molar-refractivity contribution >= 4 is 17.2 Å². The molecule has 0 bridgehead atoms. The van der Waals surface area contributed by atoms with Crippen molar-refractivity contribution in [3.05, 3.63) is 52.3 Å². The molecule has 1 atom stereocenters. The zero-order valence-electron chi connectivity index (χ0n) is 18.1. The fourth-order valence-corrected chi connectivity index (χ4v) is 5.09. The first-order chi connectivity index (χ1) is 15.7. The molecule has 0 radical (unpaired) electrons. The Hall–Kier alpha value is -2.84. The Morgan fingerprint density at radius 2 is 2.00 bits per heavy atom. The molecule has 7 nitrogen and oxygen atoms in total. The lowest BCUT2D eigenvalue weighted by Gasteiger charge is -2.36. The molecule has 8 heteroatoms. The molecule has 2 aromatic heterocycles. The van der Waals surface area contributed by atoms with Crippen LogP contribution in [-0.2, 0) is 0 Å². The molecule has 5 rings (SSSR count). The Morgan fingerprint density at radius 3 is 2.78 bits per heavy atom. The van der Waals surface area contributed by atoms with E-state index in [9.17, 15) is 4.79 Å². The van der Waals surface area contributed by atoms with Gasteiger partial charge in [0, 0.05) is 23.1 Å². The van der Waals surface area contributed by atoms with Gasteiger partial charge in [0.15, 0.2) is 23.0 Å². The number of fused-ring (bicyclic) bond motifs is 1. The summed E-state index contributed by atoms with van der Waals surface area (Å²) >= 11 is 1.74. The van der Waals surface area contributed by atoms with Gasteiger partial charge in [-0.25, -0.2) is 0 Å². The van der Waals surface area contributed by atoms with Crippen LogP contribution in [0, 0.1) is 5.92 Å². The number of ether oxygens (including phenoxy) is 2. The molecular formula is C24H27N3O4S. The second-order valence-corrected chi connectivity index (χ2v) is 9.37. The first-order valence-electron chi connectivity index (χ1n) is 11.1. The maximum Gasteiger partial charge on any atom is 0.273 e. The number of hydrogen-bond acceptors (Lipinski definition) is 7. The molecule has 2 aliphatic rings. The summed E-state index contributed by atoms with van der Waals surface area (Å²) in [5.74, 6) is 2.44. The minimum Gasteiger partial charge on any atom is -0.486 e. The molecule has 1 N–H and O–H groups in total. The highest BCUT2D eigenvalue weighted by atomic mass is 32.1. The van der Waals surface area contributed by atoms with E-state index in [1.54, 1.807) is 17.4 Å². The van der Waals surface area contributed by atoms with Gasteiger partial charge in [0.25, 0.3) is 5.91 Å². The van der Waals surface area contributed by atoms with Crippen LogP contribution >= 0.6 is 11.3 Å². The lowest BCUT2D eigenvalue weighted by Crippen LogP contribution is -2.41. The van der Waals surface area contributed by atoms with Gasteiger partial charge in [-0.15, -0.1) is 11.3 Å². The summed E-state index contributed by atoms with van der Waals surface area (Å²) in [4.78, 5) is 16.6. The van der Waals surface area contributed by atoms with Crippen molar-refractivity contribution in [2.24, 2.45) is 5.92 Å². The van der Waals surface area contributed by atoms with E-state index >= 15 is 0 Å². The number of aromatic nitrogens is 1. The molecule has 1 saturated heterocycles. The molecule has 4 heterocycles. The number of rotatable bonds is 6. The van der Waals surface area contributed by atoms with E-state index in [1.165, 1.54) is 17.7 Å². The van der Waals surface area contributed by atoms with Crippen molar-refractivity contribution in [3.63, 3.8) is 0 Å². The Balaban J connectivity index is 1.26. The molecule has 0 saturated carbocycles. The average Bonchev–Trinajstić information content (AvgIpc) is 3.53. The standard InChI is InChI=1S/C24H27N3O4S/c1-16-6-8-27(9-7-16)19(23-3-2-12-32-23)15-25-24(28)18-14-21(31-26-18)17-4-5-20-22(13-17)30-11-10-29-20/h2-5,12-14,16,19H,6-11,15H2,1H3,(H,25,28)/t19-/m1/s1. The molecule has 0 aliphatic carbocycles. The van der Waals surface area contributed by atoms with Crippen LogP contribution < -0.4 is 14.8 Å². The number of hydrogen-bond donors (Lipinski definition) is 1. The van der Waals surface area contributed by atoms with Gasteiger partial charge in [-0.3, -0.25) is 9.69 Å². The molecule has 3 aromatic rings. The van der Waals surface area contributed by atoms with E-state index in [1.807, 2.05) is 18.2 Å². The monoisotopic (exact) mass is 453 g/mol. The molecule has 0 spiro atoms. The Kier molecular flexibility index (Phi) is 6.14. The second kappa shape index (κ2) is 9.34. The van der Waals surface area contributed by atoms with Crippen molar-refractivity contribution in [1.29, 1.82) is 0 Å². The van der Waals surface area contributed by atoms with Gasteiger partial charge < -0.3 is 19.3 Å². The van der Waals surface area contributed by atoms with E-state index in [-0.39, 0.29) is 17.6 Å². The molecule has 0 unspecified atom stereocenters. The minimum atomic E-state index is -0.232. The summed E-state index contributed by atoms with van der Waals surface area (Å²) in [7, 11) is 0. The van der Waals surface area contributed by atoms with Crippen LogP contribution in [0.2, 0.25) is 0 Å². The van der Waals surface area contributed by atoms with Gasteiger partial charge in [-0.1, -0.05) is 18.1 Å². The van der Waals surface area contributed by atoms with Crippen LogP contribution in [0.3, 0.4) is 0 Å². The predicted octanol–water partition coefficient (Wildman–Crippen LogP) is 4.38. The molecule has 168 valence electrons. The van der Waals surface area contributed by atoms with Crippen LogP contribution in [0.4, 0.5) is 0 Å². The molecule has 1 fully saturated rings. The highest BCUT2D eigenvalue weighted by Gasteiger charge is 2.26. The van der Waals surface area contributed by atoms with Gasteiger partial charge in [0.2, 0.25) is 0 Å². The van der Waals surface area contributed by atoms with E-state index in [0.717, 1.165) is 24.6 Å². The zero-order valence-corrected chi connectivity index (χ0v) is 18.9. The minimum absolute atomic E-state index is 0.176. The zero-order chi connectivity index (χ0) is 21.9. The average molecular weight is 454 g/mol. The van der Waals surface area contributed by atoms with Crippen molar-refractivity contribution in [3.8, 4) is 22.8 Å². The number of nitrogens with one attached hydrogen (secondary N) is 1. The highest BCUT2D eigenvalue weighted by Crippen LogP contribution is 2.35. The van der Waals surface area contributed by atoms with Crippen molar-refractivity contribution < 1.29 is 18.8 Å². The summed E-state index contributed by atoms with van der Waals surface area (Å²) in [6.07, 6.45) is 2.38. The Labute approximate surface area is 191 Å². The number of benzene rings is 1. The molecule has 1 amide bonds. The van der Waals surface area contributed by atoms with Gasteiger partial charge >= 0.3 is 0 Å². The fourth-order valence-electron chi connectivity index (χ4n) is 4.23. The number of carbonyl (C=O) groups excluding carboxylic acids is 1. The van der Waals surface area contributed by atoms with E-state index < -0.39 is 0 Å². The summed E-state index contributed by atoms with van der Waals surface area (Å²) in [5.41, 5.74) is 1.06. The first kappa shape index (κ1) is 21.0. The largest absolute Gasteiger partial charge is 0.486 e.